The molecule has 2 atom stereocenters. The van der Waals surface area contributed by atoms with Crippen LogP contribution >= 0.6 is 0 Å². The molecule has 0 aromatic rings. The smallest absolute Gasteiger partial charge is 0.308 e. The van der Waals surface area contributed by atoms with Gasteiger partial charge in [-0.3, -0.25) is 9.59 Å². The first kappa shape index (κ1) is 13.8. The molecule has 0 bridgehead atoms. The van der Waals surface area contributed by atoms with E-state index in [0.717, 1.165) is 0 Å². The normalized spacial score (nSPS) is 14.3. The number of hydrogen-bond donors (Lipinski definition) is 4. The van der Waals surface area contributed by atoms with E-state index in [2.05, 4.69) is 4.74 Å². The fourth-order valence-corrected chi connectivity index (χ4v) is 0.756. The minimum Gasteiger partial charge on any atom is -0.481 e. The molecule has 0 aromatic heterocycles. The van der Waals surface area contributed by atoms with E-state index in [1.807, 2.05) is 0 Å². The van der Waals surface area contributed by atoms with Crippen LogP contribution in [-0.2, 0) is 14.3 Å². The number of aliphatic hydroxyl groups is 3. The van der Waals surface area contributed by atoms with Crippen molar-refractivity contribution in [3.05, 3.63) is 0 Å². The van der Waals surface area contributed by atoms with Crippen LogP contribution in [0.3, 0.4) is 0 Å². The lowest BCUT2D eigenvalue weighted by Crippen LogP contribution is -2.31. The highest BCUT2D eigenvalue weighted by atomic mass is 16.6. The van der Waals surface area contributed by atoms with E-state index in [1.165, 1.54) is 0 Å². The summed E-state index contributed by atoms with van der Waals surface area (Å²) in [5.41, 5.74) is 0. The van der Waals surface area contributed by atoms with E-state index >= 15 is 0 Å². The lowest BCUT2D eigenvalue weighted by Gasteiger charge is -2.16. The SMILES string of the molecule is O=C(O)CCC(=O)OC(O)C(O)CCO. The van der Waals surface area contributed by atoms with Crippen molar-refractivity contribution in [3.8, 4) is 0 Å². The van der Waals surface area contributed by atoms with Crippen molar-refractivity contribution in [2.24, 2.45) is 0 Å². The van der Waals surface area contributed by atoms with Gasteiger partial charge in [-0.15, -0.1) is 0 Å². The van der Waals surface area contributed by atoms with Crippen molar-refractivity contribution < 1.29 is 34.8 Å². The second-order valence-electron chi connectivity index (χ2n) is 2.85. The number of rotatable bonds is 7. The first-order valence-electron chi connectivity index (χ1n) is 4.35. The van der Waals surface area contributed by atoms with Gasteiger partial charge in [-0.05, 0) is 0 Å². The number of esters is 1. The standard InChI is InChI=1S/C8H14O7/c9-4-3-5(10)8(14)15-7(13)2-1-6(11)12/h5,8-10,14H,1-4H2,(H,11,12). The summed E-state index contributed by atoms with van der Waals surface area (Å²) in [6.45, 7) is -0.356. The number of ether oxygens (including phenoxy) is 1. The molecule has 88 valence electrons. The molecule has 7 heteroatoms. The first-order chi connectivity index (χ1) is 6.97. The number of aliphatic carboxylic acids is 1. The quantitative estimate of drug-likeness (QED) is 0.304. The van der Waals surface area contributed by atoms with Crippen molar-refractivity contribution in [1.82, 2.24) is 0 Å². The van der Waals surface area contributed by atoms with Crippen molar-refractivity contribution in [2.75, 3.05) is 6.61 Å². The van der Waals surface area contributed by atoms with Crippen LogP contribution in [0.4, 0.5) is 0 Å². The summed E-state index contributed by atoms with van der Waals surface area (Å²) in [6, 6.07) is 0. The molecule has 0 saturated heterocycles. The first-order valence-corrected chi connectivity index (χ1v) is 4.35. The minimum atomic E-state index is -1.74. The Balaban J connectivity index is 3.79. The zero-order chi connectivity index (χ0) is 11.8. The zero-order valence-corrected chi connectivity index (χ0v) is 8.00. The fourth-order valence-electron chi connectivity index (χ4n) is 0.756. The molecule has 0 fully saturated rings. The van der Waals surface area contributed by atoms with E-state index in [-0.39, 0.29) is 19.4 Å². The van der Waals surface area contributed by atoms with Crippen LogP contribution in [0.2, 0.25) is 0 Å². The average Bonchev–Trinajstić information content (AvgIpc) is 2.15. The molecule has 0 radical (unpaired) electrons. The van der Waals surface area contributed by atoms with Crippen LogP contribution in [0.25, 0.3) is 0 Å². The maximum atomic E-state index is 10.8. The van der Waals surface area contributed by atoms with Gasteiger partial charge >= 0.3 is 11.9 Å². The number of hydrogen-bond acceptors (Lipinski definition) is 6. The summed E-state index contributed by atoms with van der Waals surface area (Å²) in [4.78, 5) is 20.9. The summed E-state index contributed by atoms with van der Waals surface area (Å²) in [5.74, 6) is -2.07. The third kappa shape index (κ3) is 6.83. The molecule has 0 aromatic carbocycles. The van der Waals surface area contributed by atoms with Gasteiger partial charge in [-0.25, -0.2) is 0 Å². The minimum absolute atomic E-state index is 0.132. The summed E-state index contributed by atoms with van der Waals surface area (Å²) in [6.07, 6.45) is -4.02. The molecule has 0 rings (SSSR count). The van der Waals surface area contributed by atoms with E-state index in [1.54, 1.807) is 0 Å². The van der Waals surface area contributed by atoms with Gasteiger partial charge in [0, 0.05) is 13.0 Å². The van der Waals surface area contributed by atoms with Crippen LogP contribution in [0.1, 0.15) is 19.3 Å². The number of carbonyl (C=O) groups is 2. The van der Waals surface area contributed by atoms with Crippen LogP contribution < -0.4 is 0 Å². The second-order valence-corrected chi connectivity index (χ2v) is 2.85. The maximum absolute atomic E-state index is 10.8. The Morgan fingerprint density at radius 2 is 1.80 bits per heavy atom. The van der Waals surface area contributed by atoms with E-state index in [4.69, 9.17) is 20.4 Å². The van der Waals surface area contributed by atoms with Crippen LogP contribution in [-0.4, -0.2) is 51.4 Å². The van der Waals surface area contributed by atoms with Gasteiger partial charge in [-0.2, -0.15) is 0 Å². The number of carboxylic acid groups (broad SMARTS) is 1. The molecule has 0 saturated carbocycles. The fraction of sp³-hybridized carbons (Fsp3) is 0.750. The summed E-state index contributed by atoms with van der Waals surface area (Å²) in [7, 11) is 0. The van der Waals surface area contributed by atoms with Crippen LogP contribution in [0, 0.1) is 0 Å². The predicted octanol–water partition coefficient (Wildman–Crippen LogP) is -1.54. The van der Waals surface area contributed by atoms with E-state index in [9.17, 15) is 9.59 Å². The Morgan fingerprint density at radius 3 is 2.27 bits per heavy atom. The Bertz CT molecular complexity index is 215. The summed E-state index contributed by atoms with van der Waals surface area (Å²) < 4.78 is 4.31. The highest BCUT2D eigenvalue weighted by Crippen LogP contribution is 2.03. The van der Waals surface area contributed by atoms with Gasteiger partial charge in [0.05, 0.1) is 12.8 Å². The monoisotopic (exact) mass is 222 g/mol. The molecule has 4 N–H and O–H groups in total. The molecule has 0 heterocycles. The number of carboxylic acids is 1. The van der Waals surface area contributed by atoms with Gasteiger partial charge in [0.25, 0.3) is 0 Å². The van der Waals surface area contributed by atoms with Gasteiger partial charge in [0.1, 0.15) is 6.10 Å². The van der Waals surface area contributed by atoms with Gasteiger partial charge in [0.15, 0.2) is 0 Å². The molecular formula is C8H14O7. The Labute approximate surface area is 85.9 Å². The third-order valence-electron chi connectivity index (χ3n) is 1.55. The maximum Gasteiger partial charge on any atom is 0.308 e. The van der Waals surface area contributed by atoms with Gasteiger partial charge in [0.2, 0.25) is 6.29 Å². The van der Waals surface area contributed by atoms with Crippen molar-refractivity contribution in [1.29, 1.82) is 0 Å². The zero-order valence-electron chi connectivity index (χ0n) is 8.00. The largest absolute Gasteiger partial charge is 0.481 e. The highest BCUT2D eigenvalue weighted by Gasteiger charge is 2.20. The second kappa shape index (κ2) is 7.16. The summed E-state index contributed by atoms with van der Waals surface area (Å²) >= 11 is 0. The molecule has 0 aliphatic heterocycles. The van der Waals surface area contributed by atoms with Crippen molar-refractivity contribution >= 4 is 11.9 Å². The molecular weight excluding hydrogens is 208 g/mol. The Hall–Kier alpha value is -1.18. The molecule has 0 amide bonds. The molecule has 0 spiro atoms. The molecule has 0 aliphatic carbocycles. The van der Waals surface area contributed by atoms with Gasteiger partial charge < -0.3 is 25.2 Å². The lowest BCUT2D eigenvalue weighted by molar-refractivity contribution is -0.188. The summed E-state index contributed by atoms with van der Waals surface area (Å²) in [5, 5.41) is 34.7. The Kier molecular flexibility index (Phi) is 6.59. The topological polar surface area (TPSA) is 124 Å². The number of carbonyl (C=O) groups excluding carboxylic acids is 1. The lowest BCUT2D eigenvalue weighted by atomic mass is 10.2. The van der Waals surface area contributed by atoms with Crippen LogP contribution in [0.5, 0.6) is 0 Å². The third-order valence-corrected chi connectivity index (χ3v) is 1.55. The van der Waals surface area contributed by atoms with Crippen LogP contribution in [0.15, 0.2) is 0 Å². The predicted molar refractivity (Wildman–Crippen MR) is 46.7 cm³/mol. The molecule has 15 heavy (non-hydrogen) atoms. The number of aliphatic hydroxyl groups excluding tert-OH is 3. The average molecular weight is 222 g/mol. The van der Waals surface area contributed by atoms with Gasteiger partial charge in [-0.1, -0.05) is 0 Å². The molecule has 7 nitrogen and oxygen atoms in total. The highest BCUT2D eigenvalue weighted by molar-refractivity contribution is 5.76. The van der Waals surface area contributed by atoms with Crippen molar-refractivity contribution in [3.63, 3.8) is 0 Å². The molecule has 0 aliphatic rings. The van der Waals surface area contributed by atoms with E-state index in [0.29, 0.717) is 0 Å². The van der Waals surface area contributed by atoms with Crippen molar-refractivity contribution in [2.45, 2.75) is 31.7 Å². The Morgan fingerprint density at radius 1 is 1.20 bits per heavy atom. The van der Waals surface area contributed by atoms with E-state index < -0.39 is 30.8 Å². The molecule has 2 unspecified atom stereocenters.